The number of hydrogen-bond donors (Lipinski definition) is 1. The molecule has 0 radical (unpaired) electrons. The molecule has 2 atom stereocenters. The maximum absolute atomic E-state index is 11.8. The molecule has 8 heteroatoms. The first-order valence-electron chi connectivity index (χ1n) is 5.55. The van der Waals surface area contributed by atoms with Gasteiger partial charge in [0.1, 0.15) is 11.7 Å². The first-order valence-corrected chi connectivity index (χ1v) is 7.37. The number of ether oxygens (including phenoxy) is 1. The van der Waals surface area contributed by atoms with Crippen LogP contribution >= 0.6 is 0 Å². The Balaban J connectivity index is 2.78. The number of carbonyl (C=O) groups excluding carboxylic acids is 1. The molecule has 0 aromatic rings. The van der Waals surface area contributed by atoms with Crippen LogP contribution in [0.25, 0.3) is 0 Å². The van der Waals surface area contributed by atoms with Gasteiger partial charge in [-0.25, -0.2) is 8.98 Å². The van der Waals surface area contributed by atoms with Gasteiger partial charge in [0.2, 0.25) is 0 Å². The number of aliphatic hydroxyl groups is 1. The van der Waals surface area contributed by atoms with E-state index in [1.54, 1.807) is 20.8 Å². The van der Waals surface area contributed by atoms with E-state index in [0.717, 1.165) is 11.2 Å². The zero-order chi connectivity index (χ0) is 14.1. The fourth-order valence-electron chi connectivity index (χ4n) is 1.56. The molecule has 1 aliphatic rings. The van der Waals surface area contributed by atoms with Crippen LogP contribution in [0.1, 0.15) is 27.2 Å². The number of amides is 1. The minimum Gasteiger partial charge on any atom is -0.444 e. The van der Waals surface area contributed by atoms with Crippen LogP contribution in [0.15, 0.2) is 0 Å². The highest BCUT2D eigenvalue weighted by Crippen LogP contribution is 2.23. The second-order valence-electron chi connectivity index (χ2n) is 5.22. The van der Waals surface area contributed by atoms with E-state index in [2.05, 4.69) is 0 Å². The van der Waals surface area contributed by atoms with Crippen molar-refractivity contribution in [2.75, 3.05) is 12.8 Å². The molecule has 1 fully saturated rings. The standard InChI is InChI=1S/C10H19NO6S/c1-10(2,3)16-9(13)11-6-5-7(12)8(11)17-18(4,14)15/h7-8,12H,5-6H2,1-4H3. The lowest BCUT2D eigenvalue weighted by Gasteiger charge is -2.28. The molecule has 0 bridgehead atoms. The summed E-state index contributed by atoms with van der Waals surface area (Å²) in [6.45, 7) is 5.29. The molecule has 0 aromatic heterocycles. The Bertz CT molecular complexity index is 413. The molecule has 1 N–H and O–H groups in total. The van der Waals surface area contributed by atoms with Gasteiger partial charge in [-0.3, -0.25) is 4.90 Å². The number of carbonyl (C=O) groups is 1. The average molecular weight is 281 g/mol. The smallest absolute Gasteiger partial charge is 0.412 e. The molecule has 0 spiro atoms. The van der Waals surface area contributed by atoms with Crippen molar-refractivity contribution >= 4 is 16.2 Å². The molecule has 1 heterocycles. The molecule has 2 unspecified atom stereocenters. The summed E-state index contributed by atoms with van der Waals surface area (Å²) in [7, 11) is -3.76. The first-order chi connectivity index (χ1) is 7.99. The maximum atomic E-state index is 11.8. The van der Waals surface area contributed by atoms with Crippen molar-refractivity contribution in [3.63, 3.8) is 0 Å². The van der Waals surface area contributed by atoms with E-state index in [0.29, 0.717) is 0 Å². The second kappa shape index (κ2) is 5.02. The molecule has 1 amide bonds. The molecule has 0 aromatic carbocycles. The van der Waals surface area contributed by atoms with Crippen molar-refractivity contribution in [2.24, 2.45) is 0 Å². The third kappa shape index (κ3) is 4.43. The summed E-state index contributed by atoms with van der Waals surface area (Å²) in [5.41, 5.74) is -0.694. The van der Waals surface area contributed by atoms with E-state index in [-0.39, 0.29) is 13.0 Å². The molecule has 1 rings (SSSR count). The van der Waals surface area contributed by atoms with Crippen molar-refractivity contribution in [1.82, 2.24) is 4.90 Å². The predicted octanol–water partition coefficient (Wildman–Crippen LogP) is 0.290. The Hall–Kier alpha value is -0.860. The highest BCUT2D eigenvalue weighted by Gasteiger charge is 2.41. The van der Waals surface area contributed by atoms with Crippen LogP contribution in [0, 0.1) is 0 Å². The van der Waals surface area contributed by atoms with Gasteiger partial charge in [0, 0.05) is 6.54 Å². The highest BCUT2D eigenvalue weighted by atomic mass is 32.2. The summed E-state index contributed by atoms with van der Waals surface area (Å²) >= 11 is 0. The zero-order valence-electron chi connectivity index (χ0n) is 10.9. The van der Waals surface area contributed by atoms with Gasteiger partial charge >= 0.3 is 6.09 Å². The molecule has 0 saturated carbocycles. The van der Waals surface area contributed by atoms with Crippen LogP contribution in [-0.2, 0) is 19.0 Å². The molecule has 1 saturated heterocycles. The molecule has 1 aliphatic heterocycles. The fourth-order valence-corrected chi connectivity index (χ4v) is 2.15. The first kappa shape index (κ1) is 15.2. The minimum absolute atomic E-state index is 0.191. The number of likely N-dealkylation sites (tertiary alicyclic amines) is 1. The van der Waals surface area contributed by atoms with Gasteiger partial charge in [-0.05, 0) is 27.2 Å². The van der Waals surface area contributed by atoms with Crippen LogP contribution in [-0.4, -0.2) is 55.3 Å². The van der Waals surface area contributed by atoms with Gasteiger partial charge in [-0.15, -0.1) is 0 Å². The van der Waals surface area contributed by atoms with Crippen molar-refractivity contribution in [1.29, 1.82) is 0 Å². The Labute approximate surface area is 107 Å². The van der Waals surface area contributed by atoms with E-state index in [9.17, 15) is 18.3 Å². The van der Waals surface area contributed by atoms with Crippen LogP contribution in [0.5, 0.6) is 0 Å². The quantitative estimate of drug-likeness (QED) is 0.731. The second-order valence-corrected chi connectivity index (χ2v) is 6.82. The summed E-state index contributed by atoms with van der Waals surface area (Å²) in [5.74, 6) is 0. The van der Waals surface area contributed by atoms with Gasteiger partial charge in [-0.1, -0.05) is 0 Å². The van der Waals surface area contributed by atoms with E-state index in [1.165, 1.54) is 0 Å². The number of rotatable bonds is 2. The summed E-state index contributed by atoms with van der Waals surface area (Å²) in [6.07, 6.45) is -1.83. The summed E-state index contributed by atoms with van der Waals surface area (Å²) < 4.78 is 32.0. The van der Waals surface area contributed by atoms with E-state index in [1.807, 2.05) is 0 Å². The molecule has 7 nitrogen and oxygen atoms in total. The molecule has 18 heavy (non-hydrogen) atoms. The molecule has 106 valence electrons. The Morgan fingerprint density at radius 2 is 1.94 bits per heavy atom. The molecular formula is C10H19NO6S. The third-order valence-corrected chi connectivity index (χ3v) is 2.75. The third-order valence-electron chi connectivity index (χ3n) is 2.20. The Kier molecular flexibility index (Phi) is 4.24. The monoisotopic (exact) mass is 281 g/mol. The fraction of sp³-hybridized carbons (Fsp3) is 0.900. The Morgan fingerprint density at radius 3 is 2.39 bits per heavy atom. The van der Waals surface area contributed by atoms with Crippen LogP contribution in [0.2, 0.25) is 0 Å². The van der Waals surface area contributed by atoms with Crippen LogP contribution in [0.4, 0.5) is 4.79 Å². The highest BCUT2D eigenvalue weighted by molar-refractivity contribution is 7.86. The Morgan fingerprint density at radius 1 is 1.39 bits per heavy atom. The summed E-state index contributed by atoms with van der Waals surface area (Å²) in [6, 6.07) is 0. The number of hydrogen-bond acceptors (Lipinski definition) is 6. The predicted molar refractivity (Wildman–Crippen MR) is 63.3 cm³/mol. The number of nitrogens with zero attached hydrogens (tertiary/aromatic N) is 1. The average Bonchev–Trinajstić information content (AvgIpc) is 2.42. The van der Waals surface area contributed by atoms with Crippen molar-refractivity contribution in [3.05, 3.63) is 0 Å². The van der Waals surface area contributed by atoms with Gasteiger partial charge in [-0.2, -0.15) is 8.42 Å². The zero-order valence-corrected chi connectivity index (χ0v) is 11.7. The van der Waals surface area contributed by atoms with E-state index in [4.69, 9.17) is 8.92 Å². The summed E-state index contributed by atoms with van der Waals surface area (Å²) in [5, 5.41) is 9.63. The van der Waals surface area contributed by atoms with Gasteiger partial charge in [0.15, 0.2) is 6.23 Å². The van der Waals surface area contributed by atoms with Gasteiger partial charge < -0.3 is 9.84 Å². The lowest BCUT2D eigenvalue weighted by Crippen LogP contribution is -2.44. The normalized spacial score (nSPS) is 25.3. The van der Waals surface area contributed by atoms with E-state index >= 15 is 0 Å². The van der Waals surface area contributed by atoms with Crippen molar-refractivity contribution in [2.45, 2.75) is 45.1 Å². The van der Waals surface area contributed by atoms with Gasteiger partial charge in [0.05, 0.1) is 6.26 Å². The van der Waals surface area contributed by atoms with Crippen molar-refractivity contribution < 1.29 is 27.2 Å². The number of aliphatic hydroxyl groups excluding tert-OH is 1. The maximum Gasteiger partial charge on any atom is 0.412 e. The van der Waals surface area contributed by atoms with Gasteiger partial charge in [0.25, 0.3) is 10.1 Å². The topological polar surface area (TPSA) is 93.1 Å². The largest absolute Gasteiger partial charge is 0.444 e. The van der Waals surface area contributed by atoms with Crippen molar-refractivity contribution in [3.8, 4) is 0 Å². The minimum atomic E-state index is -3.76. The lowest BCUT2D eigenvalue weighted by atomic mass is 10.2. The summed E-state index contributed by atoms with van der Waals surface area (Å²) in [4.78, 5) is 12.9. The molecular weight excluding hydrogens is 262 g/mol. The van der Waals surface area contributed by atoms with E-state index < -0.39 is 34.1 Å². The van der Waals surface area contributed by atoms with Crippen LogP contribution < -0.4 is 0 Å². The molecule has 0 aliphatic carbocycles. The van der Waals surface area contributed by atoms with Crippen LogP contribution in [0.3, 0.4) is 0 Å². The lowest BCUT2D eigenvalue weighted by molar-refractivity contribution is -0.0328. The SMILES string of the molecule is CC(C)(C)OC(=O)N1CCC(O)C1OS(C)(=O)=O.